The lowest BCUT2D eigenvalue weighted by molar-refractivity contribution is -0.139. The second-order valence-corrected chi connectivity index (χ2v) is 8.40. The lowest BCUT2D eigenvalue weighted by Gasteiger charge is -2.30. The summed E-state index contributed by atoms with van der Waals surface area (Å²) in [5, 5.41) is 0. The first-order valence-electron chi connectivity index (χ1n) is 5.94. The molecule has 0 saturated heterocycles. The summed E-state index contributed by atoms with van der Waals surface area (Å²) in [5.74, 6) is 0.364. The maximum absolute atomic E-state index is 11.6. The summed E-state index contributed by atoms with van der Waals surface area (Å²) in [6.45, 7) is 2.90. The van der Waals surface area contributed by atoms with Gasteiger partial charge < -0.3 is 9.47 Å². The van der Waals surface area contributed by atoms with Crippen molar-refractivity contribution in [2.45, 2.75) is 18.4 Å². The van der Waals surface area contributed by atoms with Gasteiger partial charge in [-0.15, -0.1) is 0 Å². The van der Waals surface area contributed by atoms with Gasteiger partial charge >= 0.3 is 5.97 Å². The summed E-state index contributed by atoms with van der Waals surface area (Å²) in [6.07, 6.45) is 4.27. The Morgan fingerprint density at radius 1 is 1.22 bits per heavy atom. The van der Waals surface area contributed by atoms with Crippen molar-refractivity contribution in [3.05, 3.63) is 29.8 Å². The standard InChI is InChI=1S/C14H22O3S/c1-5-17-14(15)11-18(3,4)13-8-6-12(7-9-13)10-16-2/h6-9H,5,10-11H2,1-4H3. The Morgan fingerprint density at radius 3 is 2.33 bits per heavy atom. The lowest BCUT2D eigenvalue weighted by Crippen LogP contribution is -2.15. The molecule has 0 bridgehead atoms. The summed E-state index contributed by atoms with van der Waals surface area (Å²) >= 11 is 0. The molecule has 0 radical (unpaired) electrons. The van der Waals surface area contributed by atoms with Crippen LogP contribution in [0.3, 0.4) is 0 Å². The van der Waals surface area contributed by atoms with Gasteiger partial charge in [-0.25, -0.2) is 10.0 Å². The highest BCUT2D eigenvalue weighted by atomic mass is 32.3. The quantitative estimate of drug-likeness (QED) is 0.746. The highest BCUT2D eigenvalue weighted by Crippen LogP contribution is 2.48. The predicted molar refractivity (Wildman–Crippen MR) is 76.4 cm³/mol. The van der Waals surface area contributed by atoms with Gasteiger partial charge in [-0.3, -0.25) is 4.79 Å². The molecule has 0 aromatic heterocycles. The molecule has 0 spiro atoms. The van der Waals surface area contributed by atoms with E-state index in [-0.39, 0.29) is 5.97 Å². The molecular formula is C14H22O3S. The van der Waals surface area contributed by atoms with Gasteiger partial charge in [0.1, 0.15) is 0 Å². The van der Waals surface area contributed by atoms with Crippen LogP contribution in [0.4, 0.5) is 0 Å². The number of carbonyl (C=O) groups is 1. The van der Waals surface area contributed by atoms with Gasteiger partial charge in [0.05, 0.1) is 19.0 Å². The normalized spacial score (nSPS) is 12.2. The number of rotatable bonds is 6. The van der Waals surface area contributed by atoms with Crippen molar-refractivity contribution < 1.29 is 14.3 Å². The second-order valence-electron chi connectivity index (χ2n) is 4.56. The third-order valence-corrected chi connectivity index (χ3v) is 5.16. The summed E-state index contributed by atoms with van der Waals surface area (Å²) in [7, 11) is 0.556. The fourth-order valence-corrected chi connectivity index (χ4v) is 3.41. The number of hydrogen-bond acceptors (Lipinski definition) is 3. The van der Waals surface area contributed by atoms with Gasteiger partial charge in [0.15, 0.2) is 0 Å². The Balaban J connectivity index is 2.74. The van der Waals surface area contributed by atoms with Crippen LogP contribution in [0.15, 0.2) is 29.2 Å². The summed E-state index contributed by atoms with van der Waals surface area (Å²) < 4.78 is 10.1. The van der Waals surface area contributed by atoms with Gasteiger partial charge in [0.2, 0.25) is 0 Å². The third kappa shape index (κ3) is 4.35. The van der Waals surface area contributed by atoms with Crippen molar-refractivity contribution in [3.8, 4) is 0 Å². The Hall–Kier alpha value is -1.00. The van der Waals surface area contributed by atoms with Gasteiger partial charge in [-0.2, -0.15) is 0 Å². The summed E-state index contributed by atoms with van der Waals surface area (Å²) in [4.78, 5) is 12.8. The maximum Gasteiger partial charge on any atom is 0.314 e. The molecule has 0 aliphatic rings. The van der Waals surface area contributed by atoms with E-state index in [1.807, 2.05) is 6.92 Å². The number of benzene rings is 1. The average Bonchev–Trinajstić information content (AvgIpc) is 2.29. The van der Waals surface area contributed by atoms with E-state index in [1.165, 1.54) is 4.90 Å². The number of esters is 1. The van der Waals surface area contributed by atoms with E-state index in [9.17, 15) is 4.79 Å². The smallest absolute Gasteiger partial charge is 0.314 e. The Morgan fingerprint density at radius 2 is 1.83 bits per heavy atom. The van der Waals surface area contributed by atoms with E-state index in [0.717, 1.165) is 5.56 Å². The number of hydrogen-bond donors (Lipinski definition) is 0. The van der Waals surface area contributed by atoms with Gasteiger partial charge in [-0.05, 0) is 42.0 Å². The van der Waals surface area contributed by atoms with Crippen LogP contribution in [0.5, 0.6) is 0 Å². The molecule has 0 aliphatic carbocycles. The molecule has 0 aliphatic heterocycles. The molecule has 1 aromatic carbocycles. The molecule has 1 rings (SSSR count). The van der Waals surface area contributed by atoms with Crippen molar-refractivity contribution in [3.63, 3.8) is 0 Å². The molecule has 0 atom stereocenters. The molecule has 0 N–H and O–H groups in total. The van der Waals surface area contributed by atoms with Crippen LogP contribution in [0.25, 0.3) is 0 Å². The topological polar surface area (TPSA) is 35.5 Å². The van der Waals surface area contributed by atoms with E-state index in [0.29, 0.717) is 19.0 Å². The van der Waals surface area contributed by atoms with Crippen molar-refractivity contribution in [2.24, 2.45) is 0 Å². The second kappa shape index (κ2) is 6.81. The Labute approximate surface area is 111 Å². The van der Waals surface area contributed by atoms with E-state index >= 15 is 0 Å². The fourth-order valence-electron chi connectivity index (χ4n) is 1.70. The summed E-state index contributed by atoms with van der Waals surface area (Å²) in [6, 6.07) is 8.28. The van der Waals surface area contributed by atoms with Crippen molar-refractivity contribution >= 4 is 16.0 Å². The van der Waals surface area contributed by atoms with Gasteiger partial charge in [-0.1, -0.05) is 12.1 Å². The van der Waals surface area contributed by atoms with Crippen LogP contribution in [-0.2, 0) is 20.9 Å². The highest BCUT2D eigenvalue weighted by molar-refractivity contribution is 8.33. The maximum atomic E-state index is 11.6. The molecule has 18 heavy (non-hydrogen) atoms. The first kappa shape index (κ1) is 15.1. The molecule has 4 heteroatoms. The largest absolute Gasteiger partial charge is 0.465 e. The van der Waals surface area contributed by atoms with Crippen LogP contribution >= 0.6 is 10.0 Å². The van der Waals surface area contributed by atoms with E-state index in [1.54, 1.807) is 7.11 Å². The zero-order valence-electron chi connectivity index (χ0n) is 11.6. The summed E-state index contributed by atoms with van der Waals surface area (Å²) in [5.41, 5.74) is 1.15. The molecule has 102 valence electrons. The van der Waals surface area contributed by atoms with Gasteiger partial charge in [0, 0.05) is 7.11 Å². The molecule has 0 heterocycles. The molecular weight excluding hydrogens is 248 g/mol. The van der Waals surface area contributed by atoms with E-state index < -0.39 is 10.0 Å². The van der Waals surface area contributed by atoms with E-state index in [2.05, 4.69) is 36.8 Å². The molecule has 0 fully saturated rings. The zero-order valence-corrected chi connectivity index (χ0v) is 12.4. The minimum absolute atomic E-state index is 0.113. The highest BCUT2D eigenvalue weighted by Gasteiger charge is 2.19. The molecule has 0 unspecified atom stereocenters. The van der Waals surface area contributed by atoms with Crippen LogP contribution in [0, 0.1) is 0 Å². The van der Waals surface area contributed by atoms with Gasteiger partial charge in [0.25, 0.3) is 0 Å². The average molecular weight is 270 g/mol. The minimum Gasteiger partial charge on any atom is -0.465 e. The molecule has 0 amide bonds. The number of ether oxygens (including phenoxy) is 2. The van der Waals surface area contributed by atoms with Crippen LogP contribution in [-0.4, -0.2) is 38.0 Å². The van der Waals surface area contributed by atoms with Crippen molar-refractivity contribution in [1.82, 2.24) is 0 Å². The monoisotopic (exact) mass is 270 g/mol. The molecule has 0 saturated carbocycles. The minimum atomic E-state index is -1.13. The predicted octanol–water partition coefficient (Wildman–Crippen LogP) is 2.82. The molecule has 3 nitrogen and oxygen atoms in total. The van der Waals surface area contributed by atoms with Crippen molar-refractivity contribution in [2.75, 3.05) is 32.0 Å². The van der Waals surface area contributed by atoms with E-state index in [4.69, 9.17) is 9.47 Å². The first-order valence-corrected chi connectivity index (χ1v) is 8.56. The number of methoxy groups -OCH3 is 1. The Kier molecular flexibility index (Phi) is 5.69. The zero-order chi connectivity index (χ0) is 13.6. The van der Waals surface area contributed by atoms with Crippen LogP contribution in [0.1, 0.15) is 12.5 Å². The third-order valence-electron chi connectivity index (χ3n) is 2.66. The lowest BCUT2D eigenvalue weighted by atomic mass is 10.2. The van der Waals surface area contributed by atoms with Crippen LogP contribution < -0.4 is 0 Å². The molecule has 1 aromatic rings. The van der Waals surface area contributed by atoms with Crippen LogP contribution in [0.2, 0.25) is 0 Å². The fraction of sp³-hybridized carbons (Fsp3) is 0.500. The SMILES string of the molecule is CCOC(=O)CS(C)(C)c1ccc(COC)cc1. The Bertz CT molecular complexity index is 385. The first-order chi connectivity index (χ1) is 8.49. The number of carbonyl (C=O) groups excluding carboxylic acids is 1. The van der Waals surface area contributed by atoms with Crippen molar-refractivity contribution in [1.29, 1.82) is 0 Å².